The topological polar surface area (TPSA) is 62.5 Å². The largest absolute Gasteiger partial charge is 0.208 e. The van der Waals surface area contributed by atoms with Crippen molar-refractivity contribution in [2.75, 3.05) is 0 Å². The van der Waals surface area contributed by atoms with E-state index in [9.17, 15) is 5.26 Å². The van der Waals surface area contributed by atoms with Crippen molar-refractivity contribution in [1.82, 2.24) is 15.0 Å². The van der Waals surface area contributed by atoms with Crippen LogP contribution in [0.15, 0.2) is 121 Å². The minimum atomic E-state index is -0.0717. The molecule has 0 atom stereocenters. The zero-order chi connectivity index (χ0) is 29.5. The van der Waals surface area contributed by atoms with Crippen LogP contribution in [0.5, 0.6) is 0 Å². The average molecular weight is 567 g/mol. The predicted molar refractivity (Wildman–Crippen MR) is 176 cm³/mol. The van der Waals surface area contributed by atoms with Gasteiger partial charge in [0.1, 0.15) is 0 Å². The summed E-state index contributed by atoms with van der Waals surface area (Å²) in [7, 11) is 0. The fourth-order valence-electron chi connectivity index (χ4n) is 7.30. The van der Waals surface area contributed by atoms with E-state index in [1.165, 1.54) is 47.1 Å². The van der Waals surface area contributed by atoms with E-state index in [-0.39, 0.29) is 5.41 Å². The van der Waals surface area contributed by atoms with Gasteiger partial charge in [0, 0.05) is 22.1 Å². The van der Waals surface area contributed by atoms with Crippen molar-refractivity contribution in [1.29, 1.82) is 5.26 Å². The van der Waals surface area contributed by atoms with Crippen LogP contribution in [-0.2, 0) is 5.41 Å². The lowest BCUT2D eigenvalue weighted by molar-refractivity contribution is 0.352. The number of fused-ring (bicyclic) bond motifs is 5. The summed E-state index contributed by atoms with van der Waals surface area (Å²) in [6.07, 6.45) is 5.85. The van der Waals surface area contributed by atoms with E-state index < -0.39 is 0 Å². The van der Waals surface area contributed by atoms with Crippen LogP contribution in [0.1, 0.15) is 48.8 Å². The third-order valence-corrected chi connectivity index (χ3v) is 9.37. The maximum absolute atomic E-state index is 10.0. The molecule has 44 heavy (non-hydrogen) atoms. The average Bonchev–Trinajstić information content (AvgIpc) is 3.37. The molecule has 4 heteroatoms. The molecule has 8 rings (SSSR count). The quantitative estimate of drug-likeness (QED) is 0.213. The van der Waals surface area contributed by atoms with Crippen LogP contribution in [0, 0.1) is 11.3 Å². The molecular weight excluding hydrogens is 536 g/mol. The number of nitrogens with zero attached hydrogens (tertiary/aromatic N) is 4. The zero-order valence-electron chi connectivity index (χ0n) is 24.4. The summed E-state index contributed by atoms with van der Waals surface area (Å²) in [6, 6.07) is 44.3. The fraction of sp³-hybridized carbons (Fsp3) is 0.150. The molecule has 5 aromatic carbocycles. The molecule has 4 nitrogen and oxygen atoms in total. The van der Waals surface area contributed by atoms with Crippen molar-refractivity contribution in [3.8, 4) is 62.5 Å². The summed E-state index contributed by atoms with van der Waals surface area (Å²) in [5.74, 6) is 1.97. The Hall–Kier alpha value is -5.40. The summed E-state index contributed by atoms with van der Waals surface area (Å²) < 4.78 is 0. The summed E-state index contributed by atoms with van der Waals surface area (Å²) in [4.78, 5) is 14.6. The lowest BCUT2D eigenvalue weighted by atomic mass is 9.66. The van der Waals surface area contributed by atoms with E-state index in [1.807, 2.05) is 72.8 Å². The second-order valence-corrected chi connectivity index (χ2v) is 11.9. The van der Waals surface area contributed by atoms with E-state index >= 15 is 0 Å². The van der Waals surface area contributed by atoms with Crippen LogP contribution < -0.4 is 0 Å². The highest BCUT2D eigenvalue weighted by Crippen LogP contribution is 2.57. The standard InChI is InChI=1S/C40H30N4/c41-26-32-15-10-16-34-33-22-21-31(25-35(33)40(36(32)34)23-8-3-9-24-40)27-17-19-30(20-18-27)39-43-37(28-11-4-1-5-12-28)42-38(44-39)29-13-6-2-7-14-29/h1-2,4-7,10-22,25H,3,8-9,23-24H2. The van der Waals surface area contributed by atoms with Gasteiger partial charge in [-0.15, -0.1) is 0 Å². The molecule has 1 aromatic heterocycles. The van der Waals surface area contributed by atoms with Crippen LogP contribution >= 0.6 is 0 Å². The highest BCUT2D eigenvalue weighted by atomic mass is 15.0. The number of benzene rings is 5. The van der Waals surface area contributed by atoms with E-state index in [0.29, 0.717) is 17.5 Å². The third kappa shape index (κ3) is 4.32. The zero-order valence-corrected chi connectivity index (χ0v) is 24.4. The number of aromatic nitrogens is 3. The molecule has 2 aliphatic carbocycles. The molecule has 0 saturated heterocycles. The third-order valence-electron chi connectivity index (χ3n) is 9.37. The maximum atomic E-state index is 10.0. The van der Waals surface area contributed by atoms with Crippen LogP contribution in [0.3, 0.4) is 0 Å². The SMILES string of the molecule is N#Cc1cccc2c1C1(CCCCC1)c1cc(-c3ccc(-c4nc(-c5ccccc5)nc(-c5ccccc5)n4)cc3)ccc1-2. The van der Waals surface area contributed by atoms with Gasteiger partial charge in [-0.05, 0) is 58.4 Å². The van der Waals surface area contributed by atoms with Gasteiger partial charge in [-0.25, -0.2) is 15.0 Å². The molecular formula is C40H30N4. The van der Waals surface area contributed by atoms with Crippen LogP contribution in [0.2, 0.25) is 0 Å². The minimum absolute atomic E-state index is 0.0717. The van der Waals surface area contributed by atoms with Gasteiger partial charge in [0.25, 0.3) is 0 Å². The first-order valence-electron chi connectivity index (χ1n) is 15.4. The van der Waals surface area contributed by atoms with E-state index in [4.69, 9.17) is 15.0 Å². The van der Waals surface area contributed by atoms with Gasteiger partial charge in [-0.2, -0.15) is 5.26 Å². The molecule has 0 radical (unpaired) electrons. The molecule has 0 aliphatic heterocycles. The lowest BCUT2D eigenvalue weighted by Crippen LogP contribution is -2.29. The van der Waals surface area contributed by atoms with Crippen LogP contribution in [0.4, 0.5) is 0 Å². The lowest BCUT2D eigenvalue weighted by Gasteiger charge is -2.36. The highest BCUT2D eigenvalue weighted by molar-refractivity contribution is 5.86. The second kappa shape index (κ2) is 10.7. The van der Waals surface area contributed by atoms with Crippen LogP contribution in [0.25, 0.3) is 56.4 Å². The first kappa shape index (κ1) is 26.2. The Bertz CT molecular complexity index is 1980. The van der Waals surface area contributed by atoms with E-state index in [1.54, 1.807) is 0 Å². The monoisotopic (exact) mass is 566 g/mol. The van der Waals surface area contributed by atoms with Gasteiger partial charge in [-0.1, -0.05) is 128 Å². The molecule has 0 bridgehead atoms. The smallest absolute Gasteiger partial charge is 0.164 e. The molecule has 0 N–H and O–H groups in total. The molecule has 2 aliphatic rings. The van der Waals surface area contributed by atoms with Gasteiger partial charge in [0.05, 0.1) is 11.6 Å². The maximum Gasteiger partial charge on any atom is 0.164 e. The second-order valence-electron chi connectivity index (χ2n) is 11.9. The molecule has 210 valence electrons. The first-order chi connectivity index (χ1) is 21.7. The molecule has 0 unspecified atom stereocenters. The van der Waals surface area contributed by atoms with Crippen LogP contribution in [-0.4, -0.2) is 15.0 Å². The van der Waals surface area contributed by atoms with Crippen molar-refractivity contribution in [2.24, 2.45) is 0 Å². The Labute approximate surface area is 257 Å². The summed E-state index contributed by atoms with van der Waals surface area (Å²) in [5.41, 5.74) is 11.1. The molecule has 1 spiro atoms. The predicted octanol–water partition coefficient (Wildman–Crippen LogP) is 9.64. The summed E-state index contributed by atoms with van der Waals surface area (Å²) in [5, 5.41) is 10.0. The fourth-order valence-corrected chi connectivity index (χ4v) is 7.30. The van der Waals surface area contributed by atoms with E-state index in [2.05, 4.69) is 54.6 Å². The Morgan fingerprint density at radius 1 is 0.500 bits per heavy atom. The van der Waals surface area contributed by atoms with Gasteiger partial charge in [0.2, 0.25) is 0 Å². The number of nitriles is 1. The first-order valence-corrected chi connectivity index (χ1v) is 15.4. The summed E-state index contributed by atoms with van der Waals surface area (Å²) in [6.45, 7) is 0. The Morgan fingerprint density at radius 3 is 1.64 bits per heavy atom. The van der Waals surface area contributed by atoms with Crippen molar-refractivity contribution in [2.45, 2.75) is 37.5 Å². The number of rotatable bonds is 4. The van der Waals surface area contributed by atoms with Gasteiger partial charge >= 0.3 is 0 Å². The van der Waals surface area contributed by atoms with Crippen molar-refractivity contribution in [3.05, 3.63) is 138 Å². The molecule has 1 heterocycles. The molecule has 1 saturated carbocycles. The normalized spacial score (nSPS) is 14.5. The number of hydrogen-bond acceptors (Lipinski definition) is 4. The molecule has 6 aromatic rings. The highest BCUT2D eigenvalue weighted by Gasteiger charge is 2.45. The Morgan fingerprint density at radius 2 is 1.05 bits per heavy atom. The Kier molecular flexibility index (Phi) is 6.38. The number of hydrogen-bond donors (Lipinski definition) is 0. The molecule has 0 amide bonds. The minimum Gasteiger partial charge on any atom is -0.208 e. The van der Waals surface area contributed by atoms with Crippen molar-refractivity contribution >= 4 is 0 Å². The van der Waals surface area contributed by atoms with Gasteiger partial charge < -0.3 is 0 Å². The summed E-state index contributed by atoms with van der Waals surface area (Å²) >= 11 is 0. The van der Waals surface area contributed by atoms with Crippen molar-refractivity contribution in [3.63, 3.8) is 0 Å². The molecule has 1 fully saturated rings. The Balaban J connectivity index is 1.19. The van der Waals surface area contributed by atoms with Crippen molar-refractivity contribution < 1.29 is 0 Å². The van der Waals surface area contributed by atoms with Gasteiger partial charge in [-0.3, -0.25) is 0 Å². The van der Waals surface area contributed by atoms with E-state index in [0.717, 1.165) is 40.7 Å². The van der Waals surface area contributed by atoms with Gasteiger partial charge in [0.15, 0.2) is 17.5 Å².